The number of nitrogens with zero attached hydrogens (tertiary/aromatic N) is 17. The molecule has 0 radical (unpaired) electrons. The summed E-state index contributed by atoms with van der Waals surface area (Å²) in [5, 5.41) is 26.9. The number of likely N-dealkylation sites (N-methyl/N-ethyl adjacent to an activating group) is 4. The summed E-state index contributed by atoms with van der Waals surface area (Å²) in [6, 6.07) is 72.9. The fourth-order valence-corrected chi connectivity index (χ4v) is 23.5. The molecule has 0 bridgehead atoms. The van der Waals surface area contributed by atoms with Crippen LogP contribution in [0.25, 0.3) is 44.4 Å². The Kier molecular flexibility index (Phi) is 27.5. The average Bonchev–Trinajstić information content (AvgIpc) is 1.69. The average molecular weight is 2060 g/mol. The number of nitriles is 1. The third kappa shape index (κ3) is 19.8. The quantitative estimate of drug-likeness (QED) is 0.0438. The summed E-state index contributed by atoms with van der Waals surface area (Å²) < 4.78 is 13.1. The lowest BCUT2D eigenvalue weighted by Gasteiger charge is -2.40. The normalized spacial score (nSPS) is 21.8. The Labute approximate surface area is 860 Å². The number of fused-ring (bicyclic) bond motifs is 1. The highest BCUT2D eigenvalue weighted by Gasteiger charge is 2.58. The van der Waals surface area contributed by atoms with E-state index in [0.29, 0.717) is 29.8 Å². The summed E-state index contributed by atoms with van der Waals surface area (Å²) in [6.45, 7) is 12.3. The van der Waals surface area contributed by atoms with E-state index in [4.69, 9.17) is 48.6 Å². The van der Waals surface area contributed by atoms with E-state index in [1.165, 1.54) is 72.6 Å². The van der Waals surface area contributed by atoms with Crippen molar-refractivity contribution >= 4 is 144 Å². The van der Waals surface area contributed by atoms with Crippen molar-refractivity contribution in [1.82, 2.24) is 52.8 Å². The highest BCUT2D eigenvalue weighted by atomic mass is 79.9. The van der Waals surface area contributed by atoms with Crippen molar-refractivity contribution in [2.75, 3.05) is 33.5 Å². The zero-order valence-corrected chi connectivity index (χ0v) is 86.7. The second-order valence-electron chi connectivity index (χ2n) is 39.5. The number of anilines is 1. The van der Waals surface area contributed by atoms with Gasteiger partial charge in [-0.25, -0.2) is 25.0 Å². The van der Waals surface area contributed by atoms with Crippen LogP contribution in [0.3, 0.4) is 0 Å². The van der Waals surface area contributed by atoms with E-state index >= 15 is 0 Å². The lowest BCUT2D eigenvalue weighted by molar-refractivity contribution is -0.132. The van der Waals surface area contributed by atoms with Gasteiger partial charge < -0.3 is 34.0 Å². The van der Waals surface area contributed by atoms with Crippen LogP contribution in [0, 0.1) is 22.7 Å². The summed E-state index contributed by atoms with van der Waals surface area (Å²) in [5.74, 6) is 1.01. The van der Waals surface area contributed by atoms with Gasteiger partial charge in [-0.15, -0.1) is 34.0 Å². The van der Waals surface area contributed by atoms with Crippen molar-refractivity contribution in [1.29, 1.82) is 5.26 Å². The summed E-state index contributed by atoms with van der Waals surface area (Å²) in [6.07, 6.45) is 15.2. The molecule has 3 saturated carbocycles. The lowest BCUT2D eigenvalue weighted by atomic mass is 9.77. The number of hydrogen-bond acceptors (Lipinski definition) is 25. The first-order valence-electron chi connectivity index (χ1n) is 47.5. The smallest absolute Gasteiger partial charge is 0.266 e. The lowest BCUT2D eigenvalue weighted by Crippen LogP contribution is -2.52. The number of hydrogen-bond donors (Lipinski definition) is 6. The van der Waals surface area contributed by atoms with Crippen molar-refractivity contribution in [3.05, 3.63) is 334 Å². The number of rotatable bonds is 19. The summed E-state index contributed by atoms with van der Waals surface area (Å²) in [7, 11) is 10.5. The molecule has 7 atom stereocenters. The van der Waals surface area contributed by atoms with Crippen LogP contribution in [0.5, 0.6) is 0 Å². The van der Waals surface area contributed by atoms with E-state index < -0.39 is 45.4 Å². The molecule has 0 saturated heterocycles. The van der Waals surface area contributed by atoms with E-state index in [1.54, 1.807) is 66.3 Å². The van der Waals surface area contributed by atoms with Crippen molar-refractivity contribution in [3.8, 4) is 39.4 Å². The number of carbonyl (C=O) groups is 6. The van der Waals surface area contributed by atoms with Gasteiger partial charge in [0.1, 0.15) is 27.7 Å². The predicted molar refractivity (Wildman–Crippen MR) is 573 cm³/mol. The monoisotopic (exact) mass is 2060 g/mol. The van der Waals surface area contributed by atoms with Gasteiger partial charge in [-0.3, -0.25) is 62.6 Å². The molecule has 29 nitrogen and oxygen atoms in total. The molecule has 0 unspecified atom stereocenters. The first-order valence-corrected chi connectivity index (χ1v) is 51.7. The Morgan fingerprint density at radius 2 is 0.889 bits per heavy atom. The van der Waals surface area contributed by atoms with E-state index in [1.807, 2.05) is 237 Å². The summed E-state index contributed by atoms with van der Waals surface area (Å²) in [5.41, 5.74) is 44.0. The van der Waals surface area contributed by atoms with Crippen molar-refractivity contribution < 1.29 is 28.8 Å². The summed E-state index contributed by atoms with van der Waals surface area (Å²) in [4.78, 5) is 113. The molecule has 8 aliphatic rings. The molecular formula is C110H112BrN23O6S4. The number of aliphatic imine (C=N–C) groups is 5. The maximum absolute atomic E-state index is 13.9. The van der Waals surface area contributed by atoms with Gasteiger partial charge >= 0.3 is 0 Å². The molecule has 11 N–H and O–H groups in total. The van der Waals surface area contributed by atoms with Gasteiger partial charge in [-0.2, -0.15) is 24.2 Å². The first kappa shape index (κ1) is 99.4. The van der Waals surface area contributed by atoms with Gasteiger partial charge in [0, 0.05) is 97.0 Å². The van der Waals surface area contributed by atoms with Crippen molar-refractivity contribution in [2.45, 2.75) is 150 Å². The van der Waals surface area contributed by atoms with Crippen LogP contribution in [0.15, 0.2) is 289 Å². The maximum Gasteiger partial charge on any atom is 0.266 e. The number of amides is 6. The number of nitrogens with one attached hydrogen (secondary N) is 1. The van der Waals surface area contributed by atoms with Gasteiger partial charge in [0.25, 0.3) is 11.8 Å². The topological polar surface area (TPSA) is 408 Å². The molecule has 34 heteroatoms. The van der Waals surface area contributed by atoms with Gasteiger partial charge in [0.2, 0.25) is 23.6 Å². The molecule has 734 valence electrons. The second kappa shape index (κ2) is 39.9. The molecule has 14 aromatic rings. The number of aryl methyl sites for hydroxylation is 2. The summed E-state index contributed by atoms with van der Waals surface area (Å²) >= 11 is 9.35. The SMILES string of the molecule is CC(C)(C)CC(=O)Nc1ccc(CN2C(=O)C(c3ccccc3)(c3ccccc3)N=C2N)cc1.CN1C(=O)[C@@H](c2ccc(C3CC3)cc2)[C@@](C)(c2cc(-c3cnn(C)c3)cs2)N=C1N.CN1C(=O)[C@H](c2ccc(C3CC3)cc2)[C@@](C)(c2cc(-c3cnn(C)c3)cs2)N=C1N.CN1C(=O)[C@H](c2ccc3nsnc3c2)[C@@](C)(c2cc(-c3cccc(C#N)c3)cs2)N=C1N.CN1C(=O)[C@](c2cccc(Br)c2)(C2CC2)N=C1N. The molecule has 22 rings (SSSR count). The number of halogens is 1. The van der Waals surface area contributed by atoms with Gasteiger partial charge in [0.15, 0.2) is 40.9 Å². The molecule has 3 aliphatic carbocycles. The predicted octanol–water partition coefficient (Wildman–Crippen LogP) is 18.2. The zero-order valence-electron chi connectivity index (χ0n) is 81.9. The Morgan fingerprint density at radius 1 is 0.451 bits per heavy atom. The van der Waals surface area contributed by atoms with Crippen molar-refractivity contribution in [2.24, 2.45) is 79.1 Å². The zero-order chi connectivity index (χ0) is 102. The fraction of sp³-hybridized carbons (Fsp3) is 0.291. The van der Waals surface area contributed by atoms with Crippen LogP contribution in [-0.2, 0) is 77.1 Å². The van der Waals surface area contributed by atoms with E-state index in [-0.39, 0.29) is 77.2 Å². The molecule has 144 heavy (non-hydrogen) atoms. The molecule has 6 aromatic heterocycles. The number of nitrogens with two attached hydrogens (primary N) is 5. The van der Waals surface area contributed by atoms with Crippen LogP contribution in [-0.4, -0.2) is 146 Å². The molecule has 3 fully saturated rings. The molecular weight excluding hydrogens is 1950 g/mol. The Bertz CT molecular complexity index is 7240. The van der Waals surface area contributed by atoms with E-state index in [0.717, 1.165) is 133 Å². The van der Waals surface area contributed by atoms with Gasteiger partial charge in [-0.1, -0.05) is 188 Å². The van der Waals surface area contributed by atoms with E-state index in [2.05, 4.69) is 123 Å². The third-order valence-electron chi connectivity index (χ3n) is 27.9. The molecule has 6 amide bonds. The van der Waals surface area contributed by atoms with E-state index in [9.17, 15) is 34.0 Å². The number of aromatic nitrogens is 6. The van der Waals surface area contributed by atoms with Crippen LogP contribution in [0.2, 0.25) is 0 Å². The minimum atomic E-state index is -1.21. The number of thiophene rings is 3. The first-order chi connectivity index (χ1) is 68.9. The minimum Gasteiger partial charge on any atom is -0.369 e. The highest BCUT2D eigenvalue weighted by Crippen LogP contribution is 2.55. The van der Waals surface area contributed by atoms with Gasteiger partial charge in [-0.05, 0) is 238 Å². The third-order valence-corrected chi connectivity index (χ3v) is 32.4. The standard InChI is InChI=1S/C28H30N4O2.C23H18N6OS2.2C23H25N5OS.C13H14BrN3O/c1-27(2,3)18-24(33)30-23-16-14-20(15-17-23)19-32-25(34)28(31-26(32)29,21-10-6-4-7-11-21)22-12-8-5-9-13-22;1-23(19-10-16(12-31-19)14-5-3-4-13(8-14)11-24)20(21(30)29(2)22(25)26-23)15-6-7-17-18(9-15)28-32-27-17;2*1-23(19-10-17(13-30-19)18-11-25-27(2)12-18)20(21(29)28(3)22(24)26-23)16-8-6-15(7-9-16)14-4-5-14;1-17-11(18)13(8-5-6-8,16-12(17)15)9-3-2-4-10(14)7-9/h4-17H,18-19H2,1-3H3,(H2,29,31)(H,30,33);3-10,12,20H,1-2H3,(H2,25,26);2*6-14,20H,4-5H2,1-3H3,(H2,24,26);2-4,7-8H,5-6H2,1H3,(H2,15,16)/t;2*20-,23+;20-,23-;13-/m.0011/s1. The molecule has 0 spiro atoms. The van der Waals surface area contributed by atoms with Crippen LogP contribution >= 0.6 is 61.7 Å². The number of carbonyl (C=O) groups excluding carboxylic acids is 6. The largest absolute Gasteiger partial charge is 0.369 e. The maximum atomic E-state index is 13.9. The highest BCUT2D eigenvalue weighted by molar-refractivity contribution is 9.10. The minimum absolute atomic E-state index is 0.0133. The fourth-order valence-electron chi connectivity index (χ4n) is 19.4. The molecule has 8 aromatic carbocycles. The van der Waals surface area contributed by atoms with Gasteiger partial charge in [0.05, 0.1) is 60.1 Å². The Balaban J connectivity index is 0.000000120. The second-order valence-corrected chi connectivity index (χ2v) is 43.7. The van der Waals surface area contributed by atoms with Crippen LogP contribution in [0.4, 0.5) is 5.69 Å². The molecule has 5 aliphatic heterocycles. The van der Waals surface area contributed by atoms with Crippen molar-refractivity contribution in [3.63, 3.8) is 0 Å². The Hall–Kier alpha value is -14.8. The van der Waals surface area contributed by atoms with Crippen LogP contribution < -0.4 is 34.0 Å². The molecule has 11 heterocycles. The number of guanidine groups is 5. The van der Waals surface area contributed by atoms with Crippen LogP contribution in [0.1, 0.15) is 186 Å². The Morgan fingerprint density at radius 3 is 1.32 bits per heavy atom. The number of benzene rings is 8.